The van der Waals surface area contributed by atoms with Crippen LogP contribution in [-0.2, 0) is 5.41 Å². The van der Waals surface area contributed by atoms with Crippen molar-refractivity contribution in [2.45, 2.75) is 46.5 Å². The highest BCUT2D eigenvalue weighted by Crippen LogP contribution is 2.58. The second kappa shape index (κ2) is 15.7. The Hall–Kier alpha value is -5.14. The Labute approximate surface area is 276 Å². The standard InChI is InChI=1S/C33H32.C12H14O/c1-5-9-18-26(8-4)33(27-19-11-10-12-20-27)30-23-14-13-21-29(30)32-28(22-15-24-31(32)33)25(16-6-2)17-7-3;1-5-7-11-9(3)10(4)12(13-11)8-6-2/h5-6,8-24H,1,7H2,2-4H3;5-8H,1,3H2,2,4H3/b16-6-,18-9-,25-17+,26-8+;8-6-,11-7+. The maximum atomic E-state index is 5.55. The lowest BCUT2D eigenvalue weighted by Gasteiger charge is -2.34. The Balaban J connectivity index is 0.000000310. The Morgan fingerprint density at radius 3 is 2.20 bits per heavy atom. The molecule has 0 N–H and O–H groups in total. The fourth-order valence-corrected chi connectivity index (χ4v) is 6.46. The largest absolute Gasteiger partial charge is 0.456 e. The summed E-state index contributed by atoms with van der Waals surface area (Å²) in [5.74, 6) is 0.876. The van der Waals surface area contributed by atoms with E-state index in [0.717, 1.165) is 28.4 Å². The average molecular weight is 603 g/mol. The van der Waals surface area contributed by atoms with Crippen molar-refractivity contribution in [3.05, 3.63) is 190 Å². The molecule has 1 unspecified atom stereocenters. The van der Waals surface area contributed by atoms with E-state index in [-0.39, 0.29) is 5.41 Å². The van der Waals surface area contributed by atoms with Crippen molar-refractivity contribution in [2.24, 2.45) is 0 Å². The van der Waals surface area contributed by atoms with Crippen molar-refractivity contribution >= 4 is 24.3 Å². The molecule has 1 heterocycles. The third kappa shape index (κ3) is 6.32. The first kappa shape index (κ1) is 33.7. The van der Waals surface area contributed by atoms with Gasteiger partial charge in [0.25, 0.3) is 0 Å². The molecule has 1 aliphatic rings. The Bertz CT molecular complexity index is 1950. The maximum Gasteiger partial charge on any atom is 0.134 e. The highest BCUT2D eigenvalue weighted by Gasteiger charge is 2.47. The van der Waals surface area contributed by atoms with Crippen LogP contribution in [0.15, 0.2) is 151 Å². The van der Waals surface area contributed by atoms with Crippen LogP contribution in [0, 0.1) is 6.92 Å². The van der Waals surface area contributed by atoms with Gasteiger partial charge in [-0.15, -0.1) is 0 Å². The zero-order valence-corrected chi connectivity index (χ0v) is 28.0. The molecule has 232 valence electrons. The van der Waals surface area contributed by atoms with Gasteiger partial charge in [0, 0.05) is 10.8 Å². The highest BCUT2D eigenvalue weighted by molar-refractivity contribution is 5.95. The van der Waals surface area contributed by atoms with Gasteiger partial charge in [-0.1, -0.05) is 154 Å². The topological polar surface area (TPSA) is 13.1 Å². The monoisotopic (exact) mass is 602 g/mol. The van der Waals surface area contributed by atoms with Crippen LogP contribution < -0.4 is 10.6 Å². The van der Waals surface area contributed by atoms with E-state index in [2.05, 4.69) is 144 Å². The molecule has 5 rings (SSSR count). The van der Waals surface area contributed by atoms with Gasteiger partial charge in [-0.25, -0.2) is 0 Å². The van der Waals surface area contributed by atoms with Gasteiger partial charge < -0.3 is 4.42 Å². The van der Waals surface area contributed by atoms with Gasteiger partial charge in [-0.05, 0) is 90.8 Å². The lowest BCUT2D eigenvalue weighted by Crippen LogP contribution is -2.29. The molecule has 0 amide bonds. The quantitative estimate of drug-likeness (QED) is 0.174. The number of hydrogen-bond acceptors (Lipinski definition) is 1. The minimum atomic E-state index is -0.384. The zero-order valence-electron chi connectivity index (χ0n) is 28.0. The number of fused-ring (bicyclic) bond motifs is 3. The Kier molecular flexibility index (Phi) is 11.5. The molecule has 1 aliphatic carbocycles. The van der Waals surface area contributed by atoms with Crippen LogP contribution in [0.4, 0.5) is 0 Å². The molecular weight excluding hydrogens is 556 g/mol. The van der Waals surface area contributed by atoms with Gasteiger partial charge in [-0.3, -0.25) is 0 Å². The first-order valence-electron chi connectivity index (χ1n) is 16.1. The first-order valence-corrected chi connectivity index (χ1v) is 16.1. The Morgan fingerprint density at radius 2 is 1.54 bits per heavy atom. The number of allylic oxidation sites excluding steroid dienone is 11. The van der Waals surface area contributed by atoms with Gasteiger partial charge in [0.15, 0.2) is 0 Å². The predicted molar refractivity (Wildman–Crippen MR) is 202 cm³/mol. The fourth-order valence-electron chi connectivity index (χ4n) is 6.46. The van der Waals surface area contributed by atoms with E-state index in [1.165, 1.54) is 44.5 Å². The summed E-state index contributed by atoms with van der Waals surface area (Å²) >= 11 is 0. The van der Waals surface area contributed by atoms with E-state index in [0.29, 0.717) is 0 Å². The minimum Gasteiger partial charge on any atom is -0.456 e. The highest BCUT2D eigenvalue weighted by atomic mass is 16.3. The molecule has 46 heavy (non-hydrogen) atoms. The molecule has 0 radical (unpaired) electrons. The second-order valence-corrected chi connectivity index (χ2v) is 11.1. The van der Waals surface area contributed by atoms with Crippen molar-refractivity contribution in [2.75, 3.05) is 0 Å². The molecule has 1 aromatic heterocycles. The van der Waals surface area contributed by atoms with Crippen LogP contribution in [0.5, 0.6) is 0 Å². The van der Waals surface area contributed by atoms with Crippen molar-refractivity contribution in [1.29, 1.82) is 0 Å². The summed E-state index contributed by atoms with van der Waals surface area (Å²) in [6.07, 6.45) is 23.5. The first-order chi connectivity index (χ1) is 22.4. The molecule has 0 aliphatic heterocycles. The van der Waals surface area contributed by atoms with E-state index in [1.807, 2.05) is 44.2 Å². The van der Waals surface area contributed by atoms with Crippen LogP contribution in [0.3, 0.4) is 0 Å². The lowest BCUT2D eigenvalue weighted by molar-refractivity contribution is 0.520. The van der Waals surface area contributed by atoms with Crippen LogP contribution in [0.2, 0.25) is 0 Å². The van der Waals surface area contributed by atoms with Crippen LogP contribution in [0.1, 0.15) is 67.7 Å². The molecule has 4 aromatic rings. The molecule has 1 nitrogen and oxygen atoms in total. The molecule has 1 heteroatoms. The number of rotatable bonds is 9. The van der Waals surface area contributed by atoms with Crippen molar-refractivity contribution in [1.82, 2.24) is 0 Å². The summed E-state index contributed by atoms with van der Waals surface area (Å²) in [6, 6.07) is 26.6. The molecule has 0 fully saturated rings. The van der Waals surface area contributed by atoms with E-state index in [1.54, 1.807) is 6.08 Å². The summed E-state index contributed by atoms with van der Waals surface area (Å²) in [5, 5.41) is 0.938. The molecule has 0 spiro atoms. The number of furan rings is 1. The SMILES string of the molecule is C=C/C=C\C(=C/C)C1(c2ccccc2)c2ccccc2-c2c(C(/C=C\C)=C/CC)cccc21.C=C/C=c1/oc(/C=C\C)c(C)c1=C. The maximum absolute atomic E-state index is 5.55. The molecule has 0 saturated carbocycles. The predicted octanol–water partition coefficient (Wildman–Crippen LogP) is 11.1. The average Bonchev–Trinajstić information content (AvgIpc) is 3.53. The van der Waals surface area contributed by atoms with E-state index >= 15 is 0 Å². The number of hydrogen-bond donors (Lipinski definition) is 0. The van der Waals surface area contributed by atoms with Crippen molar-refractivity contribution in [3.63, 3.8) is 0 Å². The summed E-state index contributed by atoms with van der Waals surface area (Å²) < 4.78 is 5.55. The number of benzene rings is 3. The molecule has 0 bridgehead atoms. The van der Waals surface area contributed by atoms with E-state index in [9.17, 15) is 0 Å². The van der Waals surface area contributed by atoms with E-state index in [4.69, 9.17) is 4.42 Å². The second-order valence-electron chi connectivity index (χ2n) is 11.1. The minimum absolute atomic E-state index is 0.384. The van der Waals surface area contributed by atoms with Crippen LogP contribution in [-0.4, -0.2) is 0 Å². The summed E-state index contributed by atoms with van der Waals surface area (Å²) in [6.45, 7) is 21.9. The van der Waals surface area contributed by atoms with Gasteiger partial charge >= 0.3 is 0 Å². The summed E-state index contributed by atoms with van der Waals surface area (Å²) in [4.78, 5) is 0. The lowest BCUT2D eigenvalue weighted by atomic mass is 9.67. The third-order valence-corrected chi connectivity index (χ3v) is 8.44. The molecular formula is C45H46O. The third-order valence-electron chi connectivity index (χ3n) is 8.44. The smallest absolute Gasteiger partial charge is 0.134 e. The van der Waals surface area contributed by atoms with Crippen molar-refractivity contribution in [3.8, 4) is 11.1 Å². The molecule has 1 atom stereocenters. The van der Waals surface area contributed by atoms with Gasteiger partial charge in [0.1, 0.15) is 11.2 Å². The summed E-state index contributed by atoms with van der Waals surface area (Å²) in [7, 11) is 0. The normalized spacial score (nSPS) is 16.5. The zero-order chi connectivity index (χ0) is 33.1. The van der Waals surface area contributed by atoms with Gasteiger partial charge in [0.05, 0.1) is 5.41 Å². The van der Waals surface area contributed by atoms with Gasteiger partial charge in [0.2, 0.25) is 0 Å². The fraction of sp³-hybridized carbons (Fsp3) is 0.156. The van der Waals surface area contributed by atoms with Gasteiger partial charge in [-0.2, -0.15) is 0 Å². The van der Waals surface area contributed by atoms with Crippen LogP contribution in [0.25, 0.3) is 35.4 Å². The van der Waals surface area contributed by atoms with E-state index < -0.39 is 0 Å². The van der Waals surface area contributed by atoms with Crippen molar-refractivity contribution < 1.29 is 4.42 Å². The molecule has 3 aromatic carbocycles. The Morgan fingerprint density at radius 1 is 0.826 bits per heavy atom. The summed E-state index contributed by atoms with van der Waals surface area (Å²) in [5.41, 5.74) is 11.9. The molecule has 0 saturated heterocycles. The van der Waals surface area contributed by atoms with Crippen LogP contribution >= 0.6 is 0 Å².